The second-order valence-corrected chi connectivity index (χ2v) is 3.99. The molecular weight excluding hydrogens is 200 g/mol. The van der Waals surface area contributed by atoms with Gasteiger partial charge in [0.2, 0.25) is 5.91 Å². The summed E-state index contributed by atoms with van der Waals surface area (Å²) in [4.78, 5) is 12.9. The average Bonchev–Trinajstić information content (AvgIpc) is 2.24. The lowest BCUT2D eigenvalue weighted by Crippen LogP contribution is -2.25. The first-order chi connectivity index (χ1) is 7.63. The molecule has 0 unspecified atom stereocenters. The highest BCUT2D eigenvalue weighted by molar-refractivity contribution is 5.73. The molecule has 0 aliphatic heterocycles. The Labute approximate surface area is 97.2 Å². The minimum atomic E-state index is -0.222. The number of benzene rings is 1. The average molecular weight is 220 g/mol. The molecule has 0 radical (unpaired) electrons. The van der Waals surface area contributed by atoms with Crippen molar-refractivity contribution in [2.45, 2.75) is 26.7 Å². The molecule has 0 bridgehead atoms. The van der Waals surface area contributed by atoms with E-state index in [2.05, 4.69) is 43.0 Å². The maximum Gasteiger partial charge on any atom is 0.217 e. The Balaban J connectivity index is 2.57. The molecule has 0 atom stereocenters. The molecule has 1 aromatic rings. The molecule has 1 aromatic carbocycles. The first-order valence-corrected chi connectivity index (χ1v) is 5.73. The van der Waals surface area contributed by atoms with Crippen LogP contribution in [0.15, 0.2) is 24.3 Å². The Morgan fingerprint density at radius 3 is 2.75 bits per heavy atom. The summed E-state index contributed by atoms with van der Waals surface area (Å²) in [7, 11) is 0. The van der Waals surface area contributed by atoms with Gasteiger partial charge in [0, 0.05) is 25.2 Å². The van der Waals surface area contributed by atoms with Crippen LogP contribution in [0.2, 0.25) is 0 Å². The summed E-state index contributed by atoms with van der Waals surface area (Å²) in [5.74, 6) is -0.222. The van der Waals surface area contributed by atoms with E-state index in [-0.39, 0.29) is 5.91 Å². The second-order valence-electron chi connectivity index (χ2n) is 3.99. The maximum atomic E-state index is 10.7. The number of carbonyl (C=O) groups is 1. The lowest BCUT2D eigenvalue weighted by molar-refractivity contribution is -0.118. The van der Waals surface area contributed by atoms with E-state index in [1.165, 1.54) is 11.3 Å². The summed E-state index contributed by atoms with van der Waals surface area (Å²) in [6.45, 7) is 6.03. The molecular formula is C13H20N2O. The Bertz CT molecular complexity index is 350. The van der Waals surface area contributed by atoms with Crippen molar-refractivity contribution in [3.63, 3.8) is 0 Å². The summed E-state index contributed by atoms with van der Waals surface area (Å²) in [6.07, 6.45) is 1.28. The fourth-order valence-electron chi connectivity index (χ4n) is 1.74. The number of rotatable bonds is 6. The first-order valence-electron chi connectivity index (χ1n) is 5.73. The lowest BCUT2D eigenvalue weighted by atomic mass is 10.2. The van der Waals surface area contributed by atoms with E-state index in [1.54, 1.807) is 0 Å². The van der Waals surface area contributed by atoms with E-state index in [4.69, 9.17) is 5.73 Å². The molecule has 0 spiro atoms. The summed E-state index contributed by atoms with van der Waals surface area (Å²) in [6, 6.07) is 8.40. The van der Waals surface area contributed by atoms with Crippen LogP contribution in [0.4, 0.5) is 5.69 Å². The molecule has 88 valence electrons. The molecule has 1 rings (SSSR count). The molecule has 0 fully saturated rings. The second kappa shape index (κ2) is 6.16. The SMILES string of the molecule is CCN(CCCC(N)=O)c1cccc(C)c1. The van der Waals surface area contributed by atoms with Crippen molar-refractivity contribution in [1.82, 2.24) is 0 Å². The van der Waals surface area contributed by atoms with E-state index in [9.17, 15) is 4.79 Å². The van der Waals surface area contributed by atoms with Gasteiger partial charge in [0.05, 0.1) is 0 Å². The third-order valence-electron chi connectivity index (χ3n) is 2.60. The zero-order valence-corrected chi connectivity index (χ0v) is 10.1. The number of primary amides is 1. The molecule has 0 saturated carbocycles. The molecule has 2 N–H and O–H groups in total. The number of hydrogen-bond acceptors (Lipinski definition) is 2. The predicted molar refractivity (Wildman–Crippen MR) is 67.5 cm³/mol. The molecule has 0 aliphatic rings. The molecule has 0 aliphatic carbocycles. The van der Waals surface area contributed by atoms with Gasteiger partial charge in [-0.25, -0.2) is 0 Å². The van der Waals surface area contributed by atoms with Crippen molar-refractivity contribution in [3.05, 3.63) is 29.8 Å². The molecule has 0 heterocycles. The van der Waals surface area contributed by atoms with Crippen LogP contribution >= 0.6 is 0 Å². The van der Waals surface area contributed by atoms with E-state index >= 15 is 0 Å². The largest absolute Gasteiger partial charge is 0.372 e. The van der Waals surface area contributed by atoms with Gasteiger partial charge in [0.25, 0.3) is 0 Å². The fourth-order valence-corrected chi connectivity index (χ4v) is 1.74. The van der Waals surface area contributed by atoms with Crippen LogP contribution in [0.1, 0.15) is 25.3 Å². The number of carbonyl (C=O) groups excluding carboxylic acids is 1. The Morgan fingerprint density at radius 1 is 1.44 bits per heavy atom. The number of nitrogens with two attached hydrogens (primary N) is 1. The zero-order valence-electron chi connectivity index (χ0n) is 10.1. The smallest absolute Gasteiger partial charge is 0.217 e. The van der Waals surface area contributed by atoms with Crippen LogP contribution in [0.25, 0.3) is 0 Å². The van der Waals surface area contributed by atoms with Crippen molar-refractivity contribution in [3.8, 4) is 0 Å². The van der Waals surface area contributed by atoms with Gasteiger partial charge in [-0.15, -0.1) is 0 Å². The van der Waals surface area contributed by atoms with Gasteiger partial charge in [0.1, 0.15) is 0 Å². The highest BCUT2D eigenvalue weighted by Gasteiger charge is 2.04. The van der Waals surface area contributed by atoms with Crippen LogP contribution in [-0.4, -0.2) is 19.0 Å². The van der Waals surface area contributed by atoms with Gasteiger partial charge in [-0.1, -0.05) is 12.1 Å². The topological polar surface area (TPSA) is 46.3 Å². The van der Waals surface area contributed by atoms with E-state index in [1.807, 2.05) is 0 Å². The summed E-state index contributed by atoms with van der Waals surface area (Å²) in [5, 5.41) is 0. The van der Waals surface area contributed by atoms with Crippen molar-refractivity contribution >= 4 is 11.6 Å². The van der Waals surface area contributed by atoms with Crippen LogP contribution in [0.5, 0.6) is 0 Å². The van der Waals surface area contributed by atoms with Crippen LogP contribution in [-0.2, 0) is 4.79 Å². The predicted octanol–water partition coefficient (Wildman–Crippen LogP) is 2.09. The van der Waals surface area contributed by atoms with E-state index in [0.717, 1.165) is 19.5 Å². The van der Waals surface area contributed by atoms with Crippen molar-refractivity contribution in [2.24, 2.45) is 5.73 Å². The number of anilines is 1. The Kier molecular flexibility index (Phi) is 4.83. The van der Waals surface area contributed by atoms with Gasteiger partial charge in [-0.3, -0.25) is 4.79 Å². The number of aryl methyl sites for hydroxylation is 1. The van der Waals surface area contributed by atoms with Gasteiger partial charge >= 0.3 is 0 Å². The van der Waals surface area contributed by atoms with E-state index in [0.29, 0.717) is 6.42 Å². The highest BCUT2D eigenvalue weighted by atomic mass is 16.1. The van der Waals surface area contributed by atoms with Crippen LogP contribution in [0.3, 0.4) is 0 Å². The minimum absolute atomic E-state index is 0.222. The molecule has 3 nitrogen and oxygen atoms in total. The minimum Gasteiger partial charge on any atom is -0.372 e. The third kappa shape index (κ3) is 3.93. The maximum absolute atomic E-state index is 10.7. The molecule has 3 heteroatoms. The zero-order chi connectivity index (χ0) is 12.0. The lowest BCUT2D eigenvalue weighted by Gasteiger charge is -2.23. The highest BCUT2D eigenvalue weighted by Crippen LogP contribution is 2.16. The Morgan fingerprint density at radius 2 is 2.19 bits per heavy atom. The standard InChI is InChI=1S/C13H20N2O/c1-3-15(9-5-8-13(14)16)12-7-4-6-11(2)10-12/h4,6-7,10H,3,5,8-9H2,1-2H3,(H2,14,16). The van der Waals surface area contributed by atoms with Gasteiger partial charge < -0.3 is 10.6 Å². The quantitative estimate of drug-likeness (QED) is 0.798. The molecule has 16 heavy (non-hydrogen) atoms. The number of amides is 1. The summed E-state index contributed by atoms with van der Waals surface area (Å²) >= 11 is 0. The number of hydrogen-bond donors (Lipinski definition) is 1. The normalized spacial score (nSPS) is 10.1. The van der Waals surface area contributed by atoms with Gasteiger partial charge in [0.15, 0.2) is 0 Å². The monoisotopic (exact) mass is 220 g/mol. The van der Waals surface area contributed by atoms with Crippen molar-refractivity contribution in [1.29, 1.82) is 0 Å². The first kappa shape index (κ1) is 12.6. The van der Waals surface area contributed by atoms with Crippen LogP contribution < -0.4 is 10.6 Å². The summed E-state index contributed by atoms with van der Waals surface area (Å²) in [5.41, 5.74) is 7.60. The van der Waals surface area contributed by atoms with Gasteiger partial charge in [-0.05, 0) is 38.0 Å². The van der Waals surface area contributed by atoms with E-state index < -0.39 is 0 Å². The van der Waals surface area contributed by atoms with Crippen molar-refractivity contribution in [2.75, 3.05) is 18.0 Å². The molecule has 1 amide bonds. The molecule has 0 saturated heterocycles. The fraction of sp³-hybridized carbons (Fsp3) is 0.462. The van der Waals surface area contributed by atoms with Crippen LogP contribution in [0, 0.1) is 6.92 Å². The number of nitrogens with zero attached hydrogens (tertiary/aromatic N) is 1. The molecule has 0 aromatic heterocycles. The van der Waals surface area contributed by atoms with Crippen molar-refractivity contribution < 1.29 is 4.79 Å². The Hall–Kier alpha value is -1.51. The van der Waals surface area contributed by atoms with Gasteiger partial charge in [-0.2, -0.15) is 0 Å². The summed E-state index contributed by atoms with van der Waals surface area (Å²) < 4.78 is 0. The third-order valence-corrected chi connectivity index (χ3v) is 2.60.